The number of furan rings is 1. The van der Waals surface area contributed by atoms with E-state index in [4.69, 9.17) is 32.4 Å². The lowest BCUT2D eigenvalue weighted by molar-refractivity contribution is 0.0823. The quantitative estimate of drug-likeness (QED) is 0.583. The lowest BCUT2D eigenvalue weighted by atomic mass is 10.2. The van der Waals surface area contributed by atoms with Gasteiger partial charge in [-0.15, -0.1) is 0 Å². The van der Waals surface area contributed by atoms with Crippen LogP contribution in [0.25, 0.3) is 11.3 Å². The number of halogens is 3. The average Bonchev–Trinajstić information content (AvgIpc) is 3.18. The Morgan fingerprint density at radius 1 is 1.14 bits per heavy atom. The van der Waals surface area contributed by atoms with Gasteiger partial charge >= 0.3 is 0 Å². The molecule has 0 saturated carbocycles. The molecule has 0 radical (unpaired) electrons. The Morgan fingerprint density at radius 3 is 2.64 bits per heavy atom. The van der Waals surface area contributed by atoms with Crippen molar-refractivity contribution in [3.05, 3.63) is 76.2 Å². The Labute approximate surface area is 170 Å². The number of aliphatic hydroxyl groups excluding tert-OH is 1. The van der Waals surface area contributed by atoms with E-state index in [1.807, 2.05) is 0 Å². The van der Waals surface area contributed by atoms with E-state index in [0.717, 1.165) is 0 Å². The highest BCUT2D eigenvalue weighted by molar-refractivity contribution is 6.42. The molecule has 3 rings (SSSR count). The van der Waals surface area contributed by atoms with E-state index in [1.54, 1.807) is 36.4 Å². The van der Waals surface area contributed by atoms with Crippen molar-refractivity contribution in [1.82, 2.24) is 5.32 Å². The molecule has 0 bridgehead atoms. The van der Waals surface area contributed by atoms with Crippen molar-refractivity contribution in [1.29, 1.82) is 0 Å². The molecule has 1 unspecified atom stereocenters. The number of hydrogen-bond donors (Lipinski definition) is 2. The first-order chi connectivity index (χ1) is 13.4. The van der Waals surface area contributed by atoms with Gasteiger partial charge in [0.25, 0.3) is 5.91 Å². The van der Waals surface area contributed by atoms with Crippen molar-refractivity contribution >= 4 is 29.1 Å². The fourth-order valence-corrected chi connectivity index (χ4v) is 2.71. The van der Waals surface area contributed by atoms with Crippen molar-refractivity contribution in [2.75, 3.05) is 13.2 Å². The summed E-state index contributed by atoms with van der Waals surface area (Å²) in [7, 11) is 0. The van der Waals surface area contributed by atoms with Gasteiger partial charge in [0.1, 0.15) is 35.1 Å². The van der Waals surface area contributed by atoms with Crippen LogP contribution in [0.1, 0.15) is 10.6 Å². The number of rotatable bonds is 7. The van der Waals surface area contributed by atoms with Gasteiger partial charge in [0.2, 0.25) is 0 Å². The summed E-state index contributed by atoms with van der Waals surface area (Å²) in [6.07, 6.45) is -0.967. The van der Waals surface area contributed by atoms with E-state index in [1.165, 1.54) is 18.2 Å². The molecular weight excluding hydrogens is 408 g/mol. The summed E-state index contributed by atoms with van der Waals surface area (Å²) in [4.78, 5) is 12.2. The standard InChI is InChI=1S/C20H16Cl2FNO4/c21-15-2-1-3-17(19(15)22)27-11-14(25)10-24-20(26)18-9-8-16(28-18)12-4-6-13(23)7-5-12/h1-9,14,25H,10-11H2,(H,24,26). The van der Waals surface area contributed by atoms with Gasteiger partial charge in [0.05, 0.1) is 5.02 Å². The van der Waals surface area contributed by atoms with E-state index >= 15 is 0 Å². The third-order valence-corrected chi connectivity index (χ3v) is 4.61. The van der Waals surface area contributed by atoms with Gasteiger partial charge in [-0.2, -0.15) is 0 Å². The second kappa shape index (κ2) is 9.10. The molecule has 146 valence electrons. The molecule has 1 heterocycles. The molecule has 1 aromatic heterocycles. The molecule has 0 saturated heterocycles. The Hall–Kier alpha value is -2.54. The van der Waals surface area contributed by atoms with Gasteiger partial charge in [-0.05, 0) is 48.5 Å². The SMILES string of the molecule is O=C(NCC(O)COc1cccc(Cl)c1Cl)c1ccc(-c2ccc(F)cc2)o1. The number of amides is 1. The van der Waals surface area contributed by atoms with Crippen LogP contribution < -0.4 is 10.1 Å². The van der Waals surface area contributed by atoms with Crippen LogP contribution in [0.5, 0.6) is 5.75 Å². The zero-order valence-corrected chi connectivity index (χ0v) is 16.0. The zero-order chi connectivity index (χ0) is 20.1. The van der Waals surface area contributed by atoms with Gasteiger partial charge in [0.15, 0.2) is 5.76 Å². The highest BCUT2D eigenvalue weighted by atomic mass is 35.5. The van der Waals surface area contributed by atoms with Gasteiger partial charge in [-0.3, -0.25) is 4.79 Å². The number of ether oxygens (including phenoxy) is 1. The Kier molecular flexibility index (Phi) is 6.57. The molecule has 0 aliphatic heterocycles. The number of carbonyl (C=O) groups is 1. The van der Waals surface area contributed by atoms with Gasteiger partial charge in [-0.1, -0.05) is 29.3 Å². The lowest BCUT2D eigenvalue weighted by Gasteiger charge is -2.14. The normalized spacial score (nSPS) is 11.9. The molecule has 1 atom stereocenters. The number of nitrogens with one attached hydrogen (secondary N) is 1. The second-order valence-electron chi connectivity index (χ2n) is 5.90. The van der Waals surface area contributed by atoms with Crippen LogP contribution in [0.15, 0.2) is 59.0 Å². The van der Waals surface area contributed by atoms with Crippen molar-refractivity contribution in [3.63, 3.8) is 0 Å². The monoisotopic (exact) mass is 423 g/mol. The highest BCUT2D eigenvalue weighted by Crippen LogP contribution is 2.31. The third kappa shape index (κ3) is 5.04. The van der Waals surface area contributed by atoms with E-state index in [0.29, 0.717) is 22.1 Å². The molecule has 0 aliphatic rings. The fourth-order valence-electron chi connectivity index (χ4n) is 2.37. The van der Waals surface area contributed by atoms with Crippen LogP contribution in [0, 0.1) is 5.82 Å². The zero-order valence-electron chi connectivity index (χ0n) is 14.5. The molecule has 8 heteroatoms. The molecule has 0 spiro atoms. The summed E-state index contributed by atoms with van der Waals surface area (Å²) in [5.74, 6) is 0.00113. The second-order valence-corrected chi connectivity index (χ2v) is 6.68. The van der Waals surface area contributed by atoms with Crippen LogP contribution in [-0.4, -0.2) is 30.3 Å². The van der Waals surface area contributed by atoms with Crippen molar-refractivity contribution in [3.8, 4) is 17.1 Å². The highest BCUT2D eigenvalue weighted by Gasteiger charge is 2.15. The molecule has 28 heavy (non-hydrogen) atoms. The van der Waals surface area contributed by atoms with Crippen LogP contribution >= 0.6 is 23.2 Å². The van der Waals surface area contributed by atoms with Crippen molar-refractivity contribution in [2.45, 2.75) is 6.10 Å². The topological polar surface area (TPSA) is 71.7 Å². The van der Waals surface area contributed by atoms with Crippen LogP contribution in [0.4, 0.5) is 4.39 Å². The number of hydrogen-bond acceptors (Lipinski definition) is 4. The summed E-state index contributed by atoms with van der Waals surface area (Å²) in [5, 5.41) is 13.1. The average molecular weight is 424 g/mol. The van der Waals surface area contributed by atoms with E-state index < -0.39 is 12.0 Å². The van der Waals surface area contributed by atoms with Gasteiger partial charge < -0.3 is 19.6 Å². The predicted octanol–water partition coefficient (Wildman–Crippen LogP) is 4.56. The summed E-state index contributed by atoms with van der Waals surface area (Å²) in [6, 6.07) is 13.8. The van der Waals surface area contributed by atoms with E-state index in [-0.39, 0.29) is 29.8 Å². The maximum Gasteiger partial charge on any atom is 0.287 e. The Bertz CT molecular complexity index is 959. The molecule has 2 N–H and O–H groups in total. The fraction of sp³-hybridized carbons (Fsp3) is 0.150. The first-order valence-corrected chi connectivity index (χ1v) is 9.08. The molecular formula is C20H16Cl2FNO4. The summed E-state index contributed by atoms with van der Waals surface area (Å²) < 4.78 is 23.9. The molecule has 1 amide bonds. The predicted molar refractivity (Wildman–Crippen MR) is 104 cm³/mol. The first-order valence-electron chi connectivity index (χ1n) is 8.33. The summed E-state index contributed by atoms with van der Waals surface area (Å²) >= 11 is 11.9. The van der Waals surface area contributed by atoms with Crippen LogP contribution in [0.3, 0.4) is 0 Å². The minimum Gasteiger partial charge on any atom is -0.489 e. The van der Waals surface area contributed by atoms with Crippen molar-refractivity contribution < 1.29 is 23.4 Å². The Balaban J connectivity index is 1.51. The molecule has 5 nitrogen and oxygen atoms in total. The lowest BCUT2D eigenvalue weighted by Crippen LogP contribution is -2.35. The smallest absolute Gasteiger partial charge is 0.287 e. The third-order valence-electron chi connectivity index (χ3n) is 3.80. The van der Waals surface area contributed by atoms with Crippen molar-refractivity contribution in [2.24, 2.45) is 0 Å². The van der Waals surface area contributed by atoms with Crippen LogP contribution in [-0.2, 0) is 0 Å². The maximum atomic E-state index is 13.0. The molecule has 2 aromatic carbocycles. The first kappa shape index (κ1) is 20.2. The molecule has 3 aromatic rings. The number of aliphatic hydroxyl groups is 1. The molecule has 0 fully saturated rings. The summed E-state index contributed by atoms with van der Waals surface area (Å²) in [5.41, 5.74) is 0.646. The minimum absolute atomic E-state index is 0.0520. The minimum atomic E-state index is -0.967. The Morgan fingerprint density at radius 2 is 1.89 bits per heavy atom. The number of carbonyl (C=O) groups excluding carboxylic acids is 1. The maximum absolute atomic E-state index is 13.0. The van der Waals surface area contributed by atoms with E-state index in [9.17, 15) is 14.3 Å². The largest absolute Gasteiger partial charge is 0.489 e. The van der Waals surface area contributed by atoms with Gasteiger partial charge in [-0.25, -0.2) is 4.39 Å². The molecule has 0 aliphatic carbocycles. The van der Waals surface area contributed by atoms with Gasteiger partial charge in [0, 0.05) is 12.1 Å². The summed E-state index contributed by atoms with van der Waals surface area (Å²) in [6.45, 7) is -0.136. The van der Waals surface area contributed by atoms with E-state index in [2.05, 4.69) is 5.32 Å². The number of benzene rings is 2. The van der Waals surface area contributed by atoms with Crippen LogP contribution in [0.2, 0.25) is 10.0 Å².